The first-order valence-electron chi connectivity index (χ1n) is 8.37. The van der Waals surface area contributed by atoms with E-state index >= 15 is 0 Å². The molecule has 0 atom stereocenters. The summed E-state index contributed by atoms with van der Waals surface area (Å²) in [5.74, 6) is 0.665. The normalized spacial score (nSPS) is 11.0. The minimum atomic E-state index is 0.0711. The minimum absolute atomic E-state index is 0.0711. The predicted molar refractivity (Wildman–Crippen MR) is 93.6 cm³/mol. The van der Waals surface area contributed by atoms with Crippen molar-refractivity contribution in [1.82, 2.24) is 14.7 Å². The summed E-state index contributed by atoms with van der Waals surface area (Å²) < 4.78 is 1.94. The Bertz CT molecular complexity index is 631. The molecule has 0 spiro atoms. The highest BCUT2D eigenvalue weighted by Crippen LogP contribution is 2.15. The summed E-state index contributed by atoms with van der Waals surface area (Å²) in [5.41, 5.74) is 2.93. The van der Waals surface area contributed by atoms with Gasteiger partial charge in [0.15, 0.2) is 0 Å². The zero-order valence-corrected chi connectivity index (χ0v) is 14.6. The molecule has 0 aliphatic rings. The van der Waals surface area contributed by atoms with Crippen LogP contribution in [0.5, 0.6) is 0 Å². The fourth-order valence-corrected chi connectivity index (χ4v) is 2.61. The first-order valence-corrected chi connectivity index (χ1v) is 8.37. The molecule has 2 rings (SSSR count). The molecule has 0 N–H and O–H groups in total. The fourth-order valence-electron chi connectivity index (χ4n) is 2.61. The third-order valence-corrected chi connectivity index (χ3v) is 4.08. The van der Waals surface area contributed by atoms with Gasteiger partial charge in [-0.25, -0.2) is 0 Å². The van der Waals surface area contributed by atoms with E-state index in [0.717, 1.165) is 30.6 Å². The van der Waals surface area contributed by atoms with Crippen molar-refractivity contribution in [3.05, 3.63) is 53.3 Å². The summed E-state index contributed by atoms with van der Waals surface area (Å²) in [6, 6.07) is 10.2. The lowest BCUT2D eigenvalue weighted by Crippen LogP contribution is -2.29. The van der Waals surface area contributed by atoms with E-state index in [9.17, 15) is 4.79 Å². The van der Waals surface area contributed by atoms with E-state index in [1.807, 2.05) is 34.8 Å². The Morgan fingerprint density at radius 2 is 1.96 bits per heavy atom. The number of rotatable bonds is 7. The number of amides is 1. The molecule has 4 heteroatoms. The number of hydrogen-bond donors (Lipinski definition) is 0. The van der Waals surface area contributed by atoms with Gasteiger partial charge in [0.2, 0.25) is 0 Å². The quantitative estimate of drug-likeness (QED) is 0.783. The first kappa shape index (κ1) is 17.3. The van der Waals surface area contributed by atoms with Crippen LogP contribution in [-0.2, 0) is 13.0 Å². The van der Waals surface area contributed by atoms with Gasteiger partial charge in [0.25, 0.3) is 5.91 Å². The fraction of sp³-hybridized carbons (Fsp3) is 0.474. The average molecular weight is 313 g/mol. The predicted octanol–water partition coefficient (Wildman–Crippen LogP) is 3.61. The maximum Gasteiger partial charge on any atom is 0.257 e. The highest BCUT2D eigenvalue weighted by atomic mass is 16.2. The van der Waals surface area contributed by atoms with Gasteiger partial charge in [0.1, 0.15) is 0 Å². The van der Waals surface area contributed by atoms with E-state index < -0.39 is 0 Å². The number of carbonyl (C=O) groups is 1. The average Bonchev–Trinajstić information content (AvgIpc) is 2.95. The van der Waals surface area contributed by atoms with Gasteiger partial charge in [-0.1, -0.05) is 51.1 Å². The summed E-state index contributed by atoms with van der Waals surface area (Å²) in [4.78, 5) is 14.5. The molecule has 124 valence electrons. The van der Waals surface area contributed by atoms with Crippen molar-refractivity contribution in [2.75, 3.05) is 13.6 Å². The number of aromatic nitrogens is 2. The second-order valence-electron chi connectivity index (χ2n) is 6.41. The second-order valence-corrected chi connectivity index (χ2v) is 6.41. The topological polar surface area (TPSA) is 38.1 Å². The molecule has 0 unspecified atom stereocenters. The molecule has 0 saturated carbocycles. The molecule has 23 heavy (non-hydrogen) atoms. The first-order chi connectivity index (χ1) is 11.0. The smallest absolute Gasteiger partial charge is 0.257 e. The largest absolute Gasteiger partial charge is 0.342 e. The van der Waals surface area contributed by atoms with Crippen LogP contribution in [0, 0.1) is 5.92 Å². The van der Waals surface area contributed by atoms with Gasteiger partial charge in [0.05, 0.1) is 24.0 Å². The van der Waals surface area contributed by atoms with Crippen LogP contribution in [0.25, 0.3) is 0 Å². The molecule has 0 saturated heterocycles. The summed E-state index contributed by atoms with van der Waals surface area (Å²) in [6.45, 7) is 7.90. The third kappa shape index (κ3) is 4.44. The van der Waals surface area contributed by atoms with Crippen LogP contribution in [0.2, 0.25) is 0 Å². The van der Waals surface area contributed by atoms with Crippen LogP contribution in [0.1, 0.15) is 48.8 Å². The van der Waals surface area contributed by atoms with E-state index in [-0.39, 0.29) is 5.91 Å². The number of carbonyl (C=O) groups excluding carboxylic acids is 1. The van der Waals surface area contributed by atoms with E-state index in [1.54, 1.807) is 6.20 Å². The lowest BCUT2D eigenvalue weighted by molar-refractivity contribution is 0.0788. The summed E-state index contributed by atoms with van der Waals surface area (Å²) in [5, 5.41) is 4.45. The van der Waals surface area contributed by atoms with Gasteiger partial charge in [-0.3, -0.25) is 9.48 Å². The lowest BCUT2D eigenvalue weighted by atomic mass is 10.1. The Balaban J connectivity index is 2.15. The number of nitrogens with zero attached hydrogens (tertiary/aromatic N) is 3. The van der Waals surface area contributed by atoms with E-state index in [2.05, 4.69) is 38.0 Å². The molecule has 1 heterocycles. The van der Waals surface area contributed by atoms with Crippen LogP contribution < -0.4 is 0 Å². The summed E-state index contributed by atoms with van der Waals surface area (Å²) in [6.07, 6.45) is 3.53. The second kappa shape index (κ2) is 7.95. The van der Waals surface area contributed by atoms with Crippen molar-refractivity contribution < 1.29 is 4.79 Å². The maximum atomic E-state index is 12.7. The van der Waals surface area contributed by atoms with Crippen LogP contribution in [0.3, 0.4) is 0 Å². The van der Waals surface area contributed by atoms with Crippen LogP contribution >= 0.6 is 0 Å². The molecule has 1 amide bonds. The van der Waals surface area contributed by atoms with Crippen LogP contribution in [-0.4, -0.2) is 34.2 Å². The Hall–Kier alpha value is -2.10. The van der Waals surface area contributed by atoms with Crippen LogP contribution in [0.4, 0.5) is 0 Å². The highest BCUT2D eigenvalue weighted by Gasteiger charge is 2.19. The summed E-state index contributed by atoms with van der Waals surface area (Å²) in [7, 11) is 1.87. The highest BCUT2D eigenvalue weighted by molar-refractivity contribution is 5.95. The minimum Gasteiger partial charge on any atom is -0.342 e. The number of benzene rings is 1. The molecular formula is C19H27N3O. The molecule has 1 aromatic carbocycles. The van der Waals surface area contributed by atoms with Gasteiger partial charge in [-0.2, -0.15) is 5.10 Å². The standard InChI is InChI=1S/C19H27N3O/c1-5-18-17(19(23)21(4)12-11-15(2)3)13-20-22(18)14-16-9-7-6-8-10-16/h6-10,13,15H,5,11-12,14H2,1-4H3. The maximum absolute atomic E-state index is 12.7. The third-order valence-electron chi connectivity index (χ3n) is 4.08. The van der Waals surface area contributed by atoms with Gasteiger partial charge in [0, 0.05) is 13.6 Å². The molecule has 0 bridgehead atoms. The van der Waals surface area contributed by atoms with Gasteiger partial charge < -0.3 is 4.90 Å². The lowest BCUT2D eigenvalue weighted by Gasteiger charge is -2.18. The molecule has 4 nitrogen and oxygen atoms in total. The van der Waals surface area contributed by atoms with Gasteiger partial charge in [-0.05, 0) is 24.3 Å². The molecular weight excluding hydrogens is 286 g/mol. The Kier molecular flexibility index (Phi) is 5.97. The Morgan fingerprint density at radius 3 is 2.57 bits per heavy atom. The molecule has 0 radical (unpaired) electrons. The van der Waals surface area contributed by atoms with Crippen LogP contribution in [0.15, 0.2) is 36.5 Å². The Morgan fingerprint density at radius 1 is 1.26 bits per heavy atom. The van der Waals surface area contributed by atoms with E-state index in [4.69, 9.17) is 0 Å². The van der Waals surface area contributed by atoms with Crippen molar-refractivity contribution in [3.63, 3.8) is 0 Å². The number of hydrogen-bond acceptors (Lipinski definition) is 2. The zero-order chi connectivity index (χ0) is 16.8. The molecule has 0 aliphatic heterocycles. The van der Waals surface area contributed by atoms with Crippen molar-refractivity contribution in [3.8, 4) is 0 Å². The Labute approximate surface area is 139 Å². The van der Waals surface area contributed by atoms with Crippen molar-refractivity contribution in [1.29, 1.82) is 0 Å². The van der Waals surface area contributed by atoms with Gasteiger partial charge in [-0.15, -0.1) is 0 Å². The van der Waals surface area contributed by atoms with Gasteiger partial charge >= 0.3 is 0 Å². The van der Waals surface area contributed by atoms with Crippen molar-refractivity contribution >= 4 is 5.91 Å². The zero-order valence-electron chi connectivity index (χ0n) is 14.6. The van der Waals surface area contributed by atoms with Crippen molar-refractivity contribution in [2.45, 2.75) is 40.2 Å². The van der Waals surface area contributed by atoms with Crippen molar-refractivity contribution in [2.24, 2.45) is 5.92 Å². The molecule has 0 aliphatic carbocycles. The molecule has 0 fully saturated rings. The van der Waals surface area contributed by atoms with E-state index in [0.29, 0.717) is 12.5 Å². The SMILES string of the molecule is CCc1c(C(=O)N(C)CCC(C)C)cnn1Cc1ccccc1. The molecule has 1 aromatic heterocycles. The van der Waals surface area contributed by atoms with E-state index in [1.165, 1.54) is 5.56 Å². The summed E-state index contributed by atoms with van der Waals surface area (Å²) >= 11 is 0. The molecule has 2 aromatic rings. The monoisotopic (exact) mass is 313 g/mol.